The second kappa shape index (κ2) is 8.86. The third-order valence-corrected chi connectivity index (χ3v) is 3.86. The summed E-state index contributed by atoms with van der Waals surface area (Å²) in [5, 5.41) is 8.54. The summed E-state index contributed by atoms with van der Waals surface area (Å²) in [4.78, 5) is 22.3. The number of rotatable bonds is 8. The summed E-state index contributed by atoms with van der Waals surface area (Å²) < 4.78 is 11.3. The molecule has 0 bridgehead atoms. The van der Waals surface area contributed by atoms with E-state index in [4.69, 9.17) is 14.6 Å². The van der Waals surface area contributed by atoms with Crippen molar-refractivity contribution >= 4 is 11.8 Å². The van der Waals surface area contributed by atoms with Crippen LogP contribution in [0.4, 0.5) is 0 Å². The maximum absolute atomic E-state index is 11.9. The molecular weight excluding hydrogens is 284 g/mol. The lowest BCUT2D eigenvalue weighted by molar-refractivity contribution is -0.178. The third-order valence-electron chi connectivity index (χ3n) is 3.86. The lowest BCUT2D eigenvalue weighted by Gasteiger charge is -2.24. The molecule has 2 atom stereocenters. The van der Waals surface area contributed by atoms with Crippen molar-refractivity contribution in [2.45, 2.75) is 63.8 Å². The standard InChI is InChI=1S/C17H24O5/c18-15-12-14(22-17-9-5-6-10-21-17)11-13(15)7-3-1-2-4-8-16(19)20/h1,3,11,14,17H,2,4-10,12H2,(H,19,20)/t14-,17?/m0/s1. The van der Waals surface area contributed by atoms with Crippen LogP contribution < -0.4 is 0 Å². The Hall–Kier alpha value is -1.46. The van der Waals surface area contributed by atoms with Crippen LogP contribution in [0.1, 0.15) is 51.4 Å². The van der Waals surface area contributed by atoms with Crippen molar-refractivity contribution in [3.63, 3.8) is 0 Å². The van der Waals surface area contributed by atoms with Crippen molar-refractivity contribution < 1.29 is 24.2 Å². The van der Waals surface area contributed by atoms with Gasteiger partial charge in [-0.05, 0) is 50.2 Å². The van der Waals surface area contributed by atoms with Gasteiger partial charge in [-0.3, -0.25) is 9.59 Å². The normalized spacial score (nSPS) is 25.6. The van der Waals surface area contributed by atoms with Crippen LogP contribution in [0, 0.1) is 0 Å². The largest absolute Gasteiger partial charge is 0.481 e. The Balaban J connectivity index is 1.70. The molecule has 1 aliphatic carbocycles. The maximum atomic E-state index is 11.9. The minimum absolute atomic E-state index is 0.135. The van der Waals surface area contributed by atoms with E-state index in [0.717, 1.165) is 37.9 Å². The monoisotopic (exact) mass is 308 g/mol. The van der Waals surface area contributed by atoms with Crippen LogP contribution in [0.15, 0.2) is 23.8 Å². The fraction of sp³-hybridized carbons (Fsp3) is 0.647. The summed E-state index contributed by atoms with van der Waals surface area (Å²) in [6, 6.07) is 0. The van der Waals surface area contributed by atoms with Crippen molar-refractivity contribution in [1.82, 2.24) is 0 Å². The topological polar surface area (TPSA) is 72.8 Å². The minimum atomic E-state index is -0.771. The number of Topliss-reactive ketones (excluding diaryl/α,β-unsaturated/α-hetero) is 1. The number of ether oxygens (including phenoxy) is 2. The average Bonchev–Trinajstić information content (AvgIpc) is 2.83. The highest BCUT2D eigenvalue weighted by Crippen LogP contribution is 2.24. The Morgan fingerprint density at radius 1 is 1.41 bits per heavy atom. The lowest BCUT2D eigenvalue weighted by Crippen LogP contribution is -2.26. The molecule has 0 spiro atoms. The van der Waals surface area contributed by atoms with Gasteiger partial charge in [-0.2, -0.15) is 0 Å². The van der Waals surface area contributed by atoms with E-state index in [0.29, 0.717) is 19.3 Å². The first kappa shape index (κ1) is 16.9. The van der Waals surface area contributed by atoms with Crippen molar-refractivity contribution in [2.24, 2.45) is 0 Å². The number of carboxylic acid groups (broad SMARTS) is 1. The molecule has 1 fully saturated rings. The third kappa shape index (κ3) is 5.73. The van der Waals surface area contributed by atoms with E-state index in [9.17, 15) is 9.59 Å². The molecule has 0 aromatic heterocycles. The number of carbonyl (C=O) groups excluding carboxylic acids is 1. The molecular formula is C17H24O5. The molecule has 1 aliphatic heterocycles. The Labute approximate surface area is 131 Å². The van der Waals surface area contributed by atoms with Gasteiger partial charge in [0.1, 0.15) is 0 Å². The second-order valence-electron chi connectivity index (χ2n) is 5.75. The molecule has 1 saturated heterocycles. The quantitative estimate of drug-likeness (QED) is 0.551. The number of allylic oxidation sites excluding steroid dienone is 3. The van der Waals surface area contributed by atoms with Crippen molar-refractivity contribution in [3.05, 3.63) is 23.8 Å². The molecule has 1 N–H and O–H groups in total. The van der Waals surface area contributed by atoms with Gasteiger partial charge in [0.25, 0.3) is 0 Å². The van der Waals surface area contributed by atoms with Gasteiger partial charge in [0.15, 0.2) is 12.1 Å². The highest BCUT2D eigenvalue weighted by molar-refractivity contribution is 5.98. The SMILES string of the molecule is O=C(O)CCCC=CCC1=C[C@H](OC2CCCCO2)CC1=O. The number of hydrogen-bond acceptors (Lipinski definition) is 4. The molecule has 0 aromatic carbocycles. The molecule has 0 amide bonds. The van der Waals surface area contributed by atoms with Crippen molar-refractivity contribution in [3.8, 4) is 0 Å². The van der Waals surface area contributed by atoms with Gasteiger partial charge in [-0.1, -0.05) is 12.2 Å². The summed E-state index contributed by atoms with van der Waals surface area (Å²) >= 11 is 0. The summed E-state index contributed by atoms with van der Waals surface area (Å²) in [6.45, 7) is 0.737. The first-order valence-electron chi connectivity index (χ1n) is 8.03. The van der Waals surface area contributed by atoms with Crippen LogP contribution in [0.3, 0.4) is 0 Å². The fourth-order valence-electron chi connectivity index (χ4n) is 2.67. The van der Waals surface area contributed by atoms with Gasteiger partial charge in [-0.15, -0.1) is 0 Å². The molecule has 122 valence electrons. The number of aliphatic carboxylic acids is 1. The number of hydrogen-bond donors (Lipinski definition) is 1. The highest BCUT2D eigenvalue weighted by Gasteiger charge is 2.27. The smallest absolute Gasteiger partial charge is 0.303 e. The molecule has 2 aliphatic rings. The van der Waals surface area contributed by atoms with E-state index in [1.165, 1.54) is 0 Å². The average molecular weight is 308 g/mol. The highest BCUT2D eigenvalue weighted by atomic mass is 16.7. The Morgan fingerprint density at radius 3 is 3.00 bits per heavy atom. The minimum Gasteiger partial charge on any atom is -0.481 e. The number of unbranched alkanes of at least 4 members (excludes halogenated alkanes) is 1. The molecule has 0 radical (unpaired) electrons. The van der Waals surface area contributed by atoms with Crippen LogP contribution >= 0.6 is 0 Å². The fourth-order valence-corrected chi connectivity index (χ4v) is 2.67. The van der Waals surface area contributed by atoms with Gasteiger partial charge < -0.3 is 14.6 Å². The van der Waals surface area contributed by atoms with Crippen LogP contribution in [0.2, 0.25) is 0 Å². The van der Waals surface area contributed by atoms with Gasteiger partial charge in [0, 0.05) is 19.4 Å². The zero-order valence-corrected chi connectivity index (χ0v) is 12.8. The van der Waals surface area contributed by atoms with E-state index in [-0.39, 0.29) is 24.6 Å². The van der Waals surface area contributed by atoms with Crippen molar-refractivity contribution in [1.29, 1.82) is 0 Å². The molecule has 1 heterocycles. The van der Waals surface area contributed by atoms with Gasteiger partial charge >= 0.3 is 5.97 Å². The van der Waals surface area contributed by atoms with E-state index >= 15 is 0 Å². The molecule has 1 unspecified atom stereocenters. The molecule has 5 heteroatoms. The van der Waals surface area contributed by atoms with Crippen LogP contribution in [0.5, 0.6) is 0 Å². The van der Waals surface area contributed by atoms with Crippen LogP contribution in [-0.4, -0.2) is 35.9 Å². The van der Waals surface area contributed by atoms with E-state index in [2.05, 4.69) is 0 Å². The Kier molecular flexibility index (Phi) is 6.80. The lowest BCUT2D eigenvalue weighted by atomic mass is 10.1. The molecule has 2 rings (SSSR count). The first-order chi connectivity index (χ1) is 10.6. The summed E-state index contributed by atoms with van der Waals surface area (Å²) in [6.07, 6.45) is 11.1. The van der Waals surface area contributed by atoms with Crippen LogP contribution in [-0.2, 0) is 19.1 Å². The Bertz CT molecular complexity index is 446. The van der Waals surface area contributed by atoms with Gasteiger partial charge in [-0.25, -0.2) is 0 Å². The molecule has 0 saturated carbocycles. The zero-order valence-electron chi connectivity index (χ0n) is 12.8. The Morgan fingerprint density at radius 2 is 2.27 bits per heavy atom. The summed E-state index contributed by atoms with van der Waals surface area (Å²) in [5.41, 5.74) is 0.787. The van der Waals surface area contributed by atoms with Crippen molar-refractivity contribution in [2.75, 3.05) is 6.61 Å². The van der Waals surface area contributed by atoms with Crippen LogP contribution in [0.25, 0.3) is 0 Å². The second-order valence-corrected chi connectivity index (χ2v) is 5.75. The predicted molar refractivity (Wildman–Crippen MR) is 81.4 cm³/mol. The number of carboxylic acids is 1. The molecule has 22 heavy (non-hydrogen) atoms. The zero-order chi connectivity index (χ0) is 15.8. The van der Waals surface area contributed by atoms with E-state index in [1.54, 1.807) is 0 Å². The number of ketones is 1. The predicted octanol–water partition coefficient (Wildman–Crippen LogP) is 3.00. The van der Waals surface area contributed by atoms with E-state index < -0.39 is 5.97 Å². The summed E-state index contributed by atoms with van der Waals surface area (Å²) in [5.74, 6) is -0.636. The molecule has 0 aromatic rings. The van der Waals surface area contributed by atoms with Gasteiger partial charge in [0.2, 0.25) is 0 Å². The van der Waals surface area contributed by atoms with E-state index in [1.807, 2.05) is 18.2 Å². The summed E-state index contributed by atoms with van der Waals surface area (Å²) in [7, 11) is 0. The maximum Gasteiger partial charge on any atom is 0.303 e. The molecule has 5 nitrogen and oxygen atoms in total. The number of carbonyl (C=O) groups is 2. The van der Waals surface area contributed by atoms with Gasteiger partial charge in [0.05, 0.1) is 6.10 Å². The first-order valence-corrected chi connectivity index (χ1v) is 8.03.